The Hall–Kier alpha value is -2.47. The Morgan fingerprint density at radius 3 is 1.43 bits per heavy atom. The van der Waals surface area contributed by atoms with Crippen LogP contribution in [0.3, 0.4) is 0 Å². The van der Waals surface area contributed by atoms with Crippen LogP contribution in [0.5, 0.6) is 0 Å². The van der Waals surface area contributed by atoms with Gasteiger partial charge in [0.1, 0.15) is 0 Å². The summed E-state index contributed by atoms with van der Waals surface area (Å²) in [6, 6.07) is 41.0. The van der Waals surface area contributed by atoms with E-state index in [0.717, 1.165) is 6.42 Å². The van der Waals surface area contributed by atoms with Gasteiger partial charge in [-0.3, -0.25) is 0 Å². The van der Waals surface area contributed by atoms with E-state index >= 15 is 0 Å². The van der Waals surface area contributed by atoms with E-state index in [1.54, 1.807) is 28.1 Å². The molecule has 3 heteroatoms. The van der Waals surface area contributed by atoms with E-state index in [4.69, 9.17) is 0 Å². The first-order chi connectivity index (χ1) is 26.4. The molecule has 0 N–H and O–H groups in total. The van der Waals surface area contributed by atoms with E-state index < -0.39 is 34.2 Å². The van der Waals surface area contributed by atoms with Crippen LogP contribution in [0, 0.1) is 0 Å². The first-order valence-electron chi connectivity index (χ1n) is 22.3. The van der Waals surface area contributed by atoms with Crippen LogP contribution in [-0.2, 0) is 35.3 Å². The van der Waals surface area contributed by atoms with Gasteiger partial charge in [-0.25, -0.2) is 0 Å². The third-order valence-corrected chi connectivity index (χ3v) is 50.7. The SMILES string of the molecule is CC[Si](CC)(CC)c1ccc([C](c2ccc([Si](CC)(CC)CC)cc2)=[Hf]([CH3])([CH3])([c]2c(C(C)(C)C)ccc3c2Cc2cc(C(C)(C)C)ccc2-3)[CH]2C=CC=C2)cc1. The van der Waals surface area contributed by atoms with Gasteiger partial charge in [0.15, 0.2) is 0 Å². The third-order valence-electron chi connectivity index (χ3n) is 15.7. The van der Waals surface area contributed by atoms with E-state index in [1.807, 2.05) is 0 Å². The van der Waals surface area contributed by atoms with Crippen LogP contribution in [0.4, 0.5) is 0 Å². The quantitative estimate of drug-likeness (QED) is 0.109. The van der Waals surface area contributed by atoms with Crippen molar-refractivity contribution in [3.63, 3.8) is 0 Å². The Balaban J connectivity index is 1.79. The predicted molar refractivity (Wildman–Crippen MR) is 255 cm³/mol. The van der Waals surface area contributed by atoms with Crippen molar-refractivity contribution in [3.05, 3.63) is 137 Å². The molecule has 0 radical (unpaired) electrons. The molecule has 0 saturated carbocycles. The number of hydrogen-bond acceptors (Lipinski definition) is 0. The van der Waals surface area contributed by atoms with Gasteiger partial charge < -0.3 is 0 Å². The molecule has 0 fully saturated rings. The molecular weight excluding hydrogens is 871 g/mol. The maximum atomic E-state index is 2.85. The van der Waals surface area contributed by atoms with E-state index in [-0.39, 0.29) is 10.8 Å². The molecule has 0 aliphatic heterocycles. The number of allylic oxidation sites excluding steroid dienone is 4. The van der Waals surface area contributed by atoms with Gasteiger partial charge in [0, 0.05) is 0 Å². The third kappa shape index (κ3) is 7.06. The summed E-state index contributed by atoms with van der Waals surface area (Å²) < 4.78 is 9.48. The van der Waals surface area contributed by atoms with Crippen molar-refractivity contribution in [1.29, 1.82) is 0 Å². The van der Waals surface area contributed by atoms with Gasteiger partial charge in [-0.15, -0.1) is 0 Å². The van der Waals surface area contributed by atoms with E-state index in [0.29, 0.717) is 3.67 Å². The fraction of sp³-hybridized carbons (Fsp3) is 0.453. The van der Waals surface area contributed by atoms with Crippen molar-refractivity contribution in [1.82, 2.24) is 0 Å². The molecule has 4 aromatic rings. The molecular formula is C53H74HfSi2. The molecule has 0 heterocycles. The Morgan fingerprint density at radius 2 is 1.02 bits per heavy atom. The molecule has 0 unspecified atom stereocenters. The summed E-state index contributed by atoms with van der Waals surface area (Å²) in [4.78, 5) is 0. The zero-order valence-corrected chi connectivity index (χ0v) is 43.4. The van der Waals surface area contributed by atoms with Crippen LogP contribution in [0.2, 0.25) is 49.3 Å². The zero-order chi connectivity index (χ0) is 40.9. The fourth-order valence-electron chi connectivity index (χ4n) is 11.5. The molecule has 6 rings (SSSR count). The van der Waals surface area contributed by atoms with Crippen LogP contribution in [0.1, 0.15) is 116 Å². The van der Waals surface area contributed by atoms with E-state index in [2.05, 4.69) is 196 Å². The topological polar surface area (TPSA) is 0 Å². The van der Waals surface area contributed by atoms with E-state index in [1.165, 1.54) is 69.6 Å². The minimum absolute atomic E-state index is 0.00665. The molecule has 2 aliphatic carbocycles. The first-order valence-corrected chi connectivity index (χ1v) is 40.4. The van der Waals surface area contributed by atoms with Crippen LogP contribution < -0.4 is 13.7 Å². The molecule has 0 nitrogen and oxygen atoms in total. The van der Waals surface area contributed by atoms with Crippen molar-refractivity contribution in [2.45, 2.75) is 150 Å². The average molecular weight is 946 g/mol. The van der Waals surface area contributed by atoms with Crippen molar-refractivity contribution in [2.75, 3.05) is 0 Å². The van der Waals surface area contributed by atoms with Crippen molar-refractivity contribution < 1.29 is 18.0 Å². The van der Waals surface area contributed by atoms with Crippen molar-refractivity contribution in [3.8, 4) is 11.1 Å². The van der Waals surface area contributed by atoms with Crippen molar-refractivity contribution in [2.24, 2.45) is 0 Å². The first kappa shape index (κ1) is 43.1. The second-order valence-corrected chi connectivity index (χ2v) is 55.0. The Kier molecular flexibility index (Phi) is 12.0. The standard InChI is InChI=1S/C25H38Si2.C21H25.C5H5.2CH3.Hf/c1-7-26(8-2,9-3)24-17-13-22(14-18-24)21-23-15-19-25(20-16-23)27(10-4,11-5)12-6;1-20(2,3)16-7-9-18-14(12-16)11-15-13-17(21(4,5)6)8-10-19(15)18;1-2-4-5-3-1;;;/h13-20H,7-12H2,1-6H3;7-10,12H,11H2,1-6H3;1-5H;2*1H3;. The van der Waals surface area contributed by atoms with Gasteiger partial charge in [0.05, 0.1) is 0 Å². The second kappa shape index (κ2) is 15.6. The minimum atomic E-state index is -4.71. The number of rotatable bonds is 12. The van der Waals surface area contributed by atoms with Crippen LogP contribution >= 0.6 is 0 Å². The average Bonchev–Trinajstić information content (AvgIpc) is 3.86. The van der Waals surface area contributed by atoms with Crippen LogP contribution in [0.15, 0.2) is 103 Å². The molecule has 2 aliphatic rings. The number of benzene rings is 4. The van der Waals surface area contributed by atoms with E-state index in [9.17, 15) is 0 Å². The Morgan fingerprint density at radius 1 is 0.571 bits per heavy atom. The fourth-order valence-corrected chi connectivity index (χ4v) is 43.3. The summed E-state index contributed by atoms with van der Waals surface area (Å²) in [6.07, 6.45) is 10.9. The molecule has 298 valence electrons. The summed E-state index contributed by atoms with van der Waals surface area (Å²) in [5, 5.41) is 3.27. The van der Waals surface area contributed by atoms with Crippen LogP contribution in [0.25, 0.3) is 11.1 Å². The van der Waals surface area contributed by atoms with Gasteiger partial charge in [-0.2, -0.15) is 0 Å². The Bertz CT molecular complexity index is 2110. The summed E-state index contributed by atoms with van der Waals surface area (Å²) in [5.41, 5.74) is 12.0. The molecule has 0 amide bonds. The van der Waals surface area contributed by atoms with Gasteiger partial charge in [-0.05, 0) is 0 Å². The van der Waals surface area contributed by atoms with Gasteiger partial charge in [0.25, 0.3) is 0 Å². The molecule has 0 spiro atoms. The van der Waals surface area contributed by atoms with Gasteiger partial charge in [-0.1, -0.05) is 0 Å². The maximum absolute atomic E-state index is 4.71. The Labute approximate surface area is 346 Å². The normalized spacial score (nSPS) is 15.1. The van der Waals surface area contributed by atoms with Gasteiger partial charge >= 0.3 is 348 Å². The molecule has 0 aromatic heterocycles. The molecule has 0 bridgehead atoms. The van der Waals surface area contributed by atoms with Crippen molar-refractivity contribution >= 4 is 33.1 Å². The molecule has 0 atom stereocenters. The number of hydrogen-bond donors (Lipinski definition) is 0. The summed E-state index contributed by atoms with van der Waals surface area (Å²) in [6.45, 7) is 29.1. The summed E-state index contributed by atoms with van der Waals surface area (Å²) >= 11 is -4.71. The monoisotopic (exact) mass is 946 g/mol. The molecule has 56 heavy (non-hydrogen) atoms. The van der Waals surface area contributed by atoms with Crippen LogP contribution in [-0.4, -0.2) is 19.4 Å². The predicted octanol–water partition coefficient (Wildman–Crippen LogP) is 13.9. The summed E-state index contributed by atoms with van der Waals surface area (Å²) in [5.74, 6) is 0. The second-order valence-electron chi connectivity index (χ2n) is 20.6. The molecule has 4 aromatic carbocycles. The summed E-state index contributed by atoms with van der Waals surface area (Å²) in [7, 11) is -3.07. The number of fused-ring (bicyclic) bond motifs is 3. The van der Waals surface area contributed by atoms with Gasteiger partial charge in [0.2, 0.25) is 0 Å². The molecule has 0 saturated heterocycles. The zero-order valence-electron chi connectivity index (χ0n) is 37.8.